The van der Waals surface area contributed by atoms with Gasteiger partial charge >= 0.3 is 6.11 Å². The molecule has 1 nitrogen and oxygen atoms in total. The van der Waals surface area contributed by atoms with Crippen LogP contribution < -0.4 is 0 Å². The van der Waals surface area contributed by atoms with Gasteiger partial charge < -0.3 is 4.74 Å². The van der Waals surface area contributed by atoms with Gasteiger partial charge in [-0.05, 0) is 27.9 Å². The molecular formula is C10H10BrF3O. The molecule has 0 bridgehead atoms. The summed E-state index contributed by atoms with van der Waals surface area (Å²) in [6, 6.07) is 9.02. The molecule has 0 spiro atoms. The van der Waals surface area contributed by atoms with E-state index in [0.717, 1.165) is 5.56 Å². The van der Waals surface area contributed by atoms with Crippen molar-refractivity contribution in [2.75, 3.05) is 6.61 Å². The van der Waals surface area contributed by atoms with Crippen LogP contribution in [0.15, 0.2) is 30.3 Å². The lowest BCUT2D eigenvalue weighted by molar-refractivity contribution is -0.252. The third kappa shape index (κ3) is 4.22. The largest absolute Gasteiger partial charge is 0.396 e. The Labute approximate surface area is 94.4 Å². The summed E-state index contributed by atoms with van der Waals surface area (Å²) in [5.74, 6) is 0. The lowest BCUT2D eigenvalue weighted by Crippen LogP contribution is -2.29. The topological polar surface area (TPSA) is 9.23 Å². The first-order chi connectivity index (χ1) is 7.02. The molecule has 0 radical (unpaired) electrons. The van der Waals surface area contributed by atoms with Gasteiger partial charge in [0.15, 0.2) is 0 Å². The summed E-state index contributed by atoms with van der Waals surface area (Å²) in [5.41, 5.74) is 0.873. The average Bonchev–Trinajstić information content (AvgIpc) is 2.19. The molecular weight excluding hydrogens is 273 g/mol. The van der Waals surface area contributed by atoms with E-state index in [0.29, 0.717) is 6.42 Å². The standard InChI is InChI=1S/C10H10BrF3O/c11-9(12)10(13,14)15-7-6-8-4-2-1-3-5-8/h1-5,9H,6-7H2. The molecule has 0 aliphatic carbocycles. The van der Waals surface area contributed by atoms with Crippen molar-refractivity contribution in [1.29, 1.82) is 0 Å². The summed E-state index contributed by atoms with van der Waals surface area (Å²) in [6.07, 6.45) is -3.44. The Bertz CT molecular complexity index is 290. The number of rotatable bonds is 5. The van der Waals surface area contributed by atoms with Crippen molar-refractivity contribution in [3.05, 3.63) is 35.9 Å². The van der Waals surface area contributed by atoms with Crippen LogP contribution in [-0.2, 0) is 11.2 Å². The summed E-state index contributed by atoms with van der Waals surface area (Å²) < 4.78 is 41.6. The van der Waals surface area contributed by atoms with Crippen LogP contribution >= 0.6 is 15.9 Å². The number of halogens is 4. The van der Waals surface area contributed by atoms with Crippen molar-refractivity contribution in [2.24, 2.45) is 0 Å². The maximum Gasteiger partial charge on any atom is 0.396 e. The Morgan fingerprint density at radius 3 is 2.40 bits per heavy atom. The molecule has 15 heavy (non-hydrogen) atoms. The highest BCUT2D eigenvalue weighted by Gasteiger charge is 2.39. The number of hydrogen-bond donors (Lipinski definition) is 0. The first-order valence-electron chi connectivity index (χ1n) is 4.36. The molecule has 0 amide bonds. The fourth-order valence-electron chi connectivity index (χ4n) is 1.01. The molecule has 5 heteroatoms. The van der Waals surface area contributed by atoms with E-state index in [4.69, 9.17) is 0 Å². The number of hydrogen-bond acceptors (Lipinski definition) is 1. The van der Waals surface area contributed by atoms with Crippen LogP contribution in [0.4, 0.5) is 13.2 Å². The average molecular weight is 283 g/mol. The van der Waals surface area contributed by atoms with Crippen molar-refractivity contribution in [1.82, 2.24) is 0 Å². The number of benzene rings is 1. The van der Waals surface area contributed by atoms with Crippen molar-refractivity contribution >= 4 is 15.9 Å². The van der Waals surface area contributed by atoms with E-state index in [9.17, 15) is 13.2 Å². The highest BCUT2D eigenvalue weighted by Crippen LogP contribution is 2.27. The zero-order chi connectivity index (χ0) is 11.3. The third-order valence-corrected chi connectivity index (χ3v) is 2.32. The zero-order valence-electron chi connectivity index (χ0n) is 7.80. The van der Waals surface area contributed by atoms with E-state index >= 15 is 0 Å². The van der Waals surface area contributed by atoms with Crippen LogP contribution in [0.2, 0.25) is 0 Å². The Balaban J connectivity index is 2.34. The monoisotopic (exact) mass is 282 g/mol. The summed E-state index contributed by atoms with van der Waals surface area (Å²) in [6.45, 7) is -0.219. The highest BCUT2D eigenvalue weighted by molar-refractivity contribution is 9.09. The van der Waals surface area contributed by atoms with Gasteiger partial charge in [-0.3, -0.25) is 0 Å². The van der Waals surface area contributed by atoms with E-state index < -0.39 is 11.2 Å². The van der Waals surface area contributed by atoms with Crippen LogP contribution in [0.25, 0.3) is 0 Å². The summed E-state index contributed by atoms with van der Waals surface area (Å²) in [5, 5.41) is -2.47. The molecule has 0 N–H and O–H groups in total. The molecule has 0 saturated carbocycles. The normalized spacial score (nSPS) is 13.9. The predicted molar refractivity (Wildman–Crippen MR) is 54.9 cm³/mol. The van der Waals surface area contributed by atoms with E-state index in [-0.39, 0.29) is 6.61 Å². The summed E-state index contributed by atoms with van der Waals surface area (Å²) in [4.78, 5) is 0. The Hall–Kier alpha value is -0.550. The van der Waals surface area contributed by atoms with Gasteiger partial charge in [-0.2, -0.15) is 8.78 Å². The maximum absolute atomic E-state index is 12.6. The molecule has 1 aromatic rings. The smallest absolute Gasteiger partial charge is 0.317 e. The second-order valence-electron chi connectivity index (χ2n) is 2.95. The first-order valence-corrected chi connectivity index (χ1v) is 5.28. The zero-order valence-corrected chi connectivity index (χ0v) is 9.38. The SMILES string of the molecule is FC(Br)C(F)(F)OCCc1ccccc1. The first kappa shape index (κ1) is 12.5. The van der Waals surface area contributed by atoms with E-state index in [1.165, 1.54) is 0 Å². The minimum atomic E-state index is -3.77. The Morgan fingerprint density at radius 1 is 1.27 bits per heavy atom. The van der Waals surface area contributed by atoms with E-state index in [1.807, 2.05) is 6.07 Å². The van der Waals surface area contributed by atoms with Crippen molar-refractivity contribution < 1.29 is 17.9 Å². The second-order valence-corrected chi connectivity index (χ2v) is 3.75. The van der Waals surface area contributed by atoms with Crippen molar-refractivity contribution in [3.63, 3.8) is 0 Å². The molecule has 1 unspecified atom stereocenters. The van der Waals surface area contributed by atoms with E-state index in [1.54, 1.807) is 24.3 Å². The summed E-state index contributed by atoms with van der Waals surface area (Å²) >= 11 is 2.14. The lowest BCUT2D eigenvalue weighted by atomic mass is 10.2. The van der Waals surface area contributed by atoms with Crippen molar-refractivity contribution in [3.8, 4) is 0 Å². The van der Waals surface area contributed by atoms with Gasteiger partial charge in [-0.1, -0.05) is 30.3 Å². The fourth-order valence-corrected chi connectivity index (χ4v) is 1.14. The quantitative estimate of drug-likeness (QED) is 0.751. The lowest BCUT2D eigenvalue weighted by Gasteiger charge is -2.16. The van der Waals surface area contributed by atoms with Gasteiger partial charge in [-0.15, -0.1) is 0 Å². The molecule has 0 saturated heterocycles. The van der Waals surface area contributed by atoms with Crippen LogP contribution in [0.3, 0.4) is 0 Å². The van der Waals surface area contributed by atoms with Gasteiger partial charge in [0.25, 0.3) is 0 Å². The minimum absolute atomic E-state index is 0.219. The summed E-state index contributed by atoms with van der Waals surface area (Å²) in [7, 11) is 0. The van der Waals surface area contributed by atoms with E-state index in [2.05, 4.69) is 20.7 Å². The third-order valence-electron chi connectivity index (χ3n) is 1.78. The van der Waals surface area contributed by atoms with Gasteiger partial charge in [0.05, 0.1) is 6.61 Å². The van der Waals surface area contributed by atoms with Gasteiger partial charge in [0.1, 0.15) is 0 Å². The van der Waals surface area contributed by atoms with Crippen molar-refractivity contribution in [2.45, 2.75) is 17.6 Å². The molecule has 0 aliphatic heterocycles. The molecule has 1 rings (SSSR count). The minimum Gasteiger partial charge on any atom is -0.317 e. The van der Waals surface area contributed by atoms with Gasteiger partial charge in [-0.25, -0.2) is 4.39 Å². The number of ether oxygens (including phenoxy) is 1. The molecule has 0 fully saturated rings. The maximum atomic E-state index is 12.6. The molecule has 0 aliphatic rings. The molecule has 84 valence electrons. The van der Waals surface area contributed by atoms with Crippen LogP contribution in [0, 0.1) is 0 Å². The van der Waals surface area contributed by atoms with Gasteiger partial charge in [0, 0.05) is 0 Å². The van der Waals surface area contributed by atoms with Crippen LogP contribution in [-0.4, -0.2) is 17.8 Å². The molecule has 0 aromatic heterocycles. The Morgan fingerprint density at radius 2 is 1.87 bits per heavy atom. The van der Waals surface area contributed by atoms with Crippen LogP contribution in [0.5, 0.6) is 0 Å². The molecule has 0 heterocycles. The highest BCUT2D eigenvalue weighted by atomic mass is 79.9. The molecule has 1 aromatic carbocycles. The number of alkyl halides is 4. The molecule has 1 atom stereocenters. The van der Waals surface area contributed by atoms with Gasteiger partial charge in [0.2, 0.25) is 5.08 Å². The predicted octanol–water partition coefficient (Wildman–Crippen LogP) is 3.53. The second kappa shape index (κ2) is 5.51. The van der Waals surface area contributed by atoms with Crippen LogP contribution in [0.1, 0.15) is 5.56 Å². The Kier molecular flexibility index (Phi) is 4.60. The fraction of sp³-hybridized carbons (Fsp3) is 0.400.